The van der Waals surface area contributed by atoms with Gasteiger partial charge in [0.2, 0.25) is 0 Å². The molecule has 0 unspecified atom stereocenters. The number of nitrogens with two attached hydrogens (primary N) is 1. The Morgan fingerprint density at radius 3 is 2.68 bits per heavy atom. The van der Waals surface area contributed by atoms with Crippen LogP contribution in [-0.4, -0.2) is 33.9 Å². The number of rotatable bonds is 5. The van der Waals surface area contributed by atoms with Gasteiger partial charge < -0.3 is 16.2 Å². The summed E-state index contributed by atoms with van der Waals surface area (Å²) in [5.74, 6) is -1.01. The van der Waals surface area contributed by atoms with Crippen molar-refractivity contribution in [2.45, 2.75) is 6.42 Å². The number of carbonyl (C=O) groups is 1. The van der Waals surface area contributed by atoms with Crippen LogP contribution >= 0.6 is 15.9 Å². The summed E-state index contributed by atoms with van der Waals surface area (Å²) in [4.78, 5) is 23.9. The molecule has 0 aliphatic carbocycles. The van der Waals surface area contributed by atoms with E-state index >= 15 is 0 Å². The summed E-state index contributed by atoms with van der Waals surface area (Å²) in [5.41, 5.74) is 5.10. The quantitative estimate of drug-likeness (QED) is 0.677. The molecule has 0 bridgehead atoms. The van der Waals surface area contributed by atoms with Gasteiger partial charge >= 0.3 is 0 Å². The minimum absolute atomic E-state index is 0.209. The van der Waals surface area contributed by atoms with Gasteiger partial charge in [-0.1, -0.05) is 15.9 Å². The van der Waals surface area contributed by atoms with Crippen molar-refractivity contribution in [3.8, 4) is 11.4 Å². The Kier molecular flexibility index (Phi) is 5.29. The number of nitrogens with zero attached hydrogens (tertiary/aromatic N) is 2. The Hall–Kier alpha value is -2.19. The van der Waals surface area contributed by atoms with Crippen molar-refractivity contribution in [1.82, 2.24) is 15.1 Å². The highest BCUT2D eigenvalue weighted by Crippen LogP contribution is 2.15. The van der Waals surface area contributed by atoms with Crippen molar-refractivity contribution in [3.05, 3.63) is 50.9 Å². The molecule has 7 nitrogen and oxygen atoms in total. The van der Waals surface area contributed by atoms with Gasteiger partial charge in [-0.25, -0.2) is 0 Å². The molecule has 0 aliphatic heterocycles. The minimum Gasteiger partial charge on any atom is -0.505 e. The highest BCUT2D eigenvalue weighted by atomic mass is 79.9. The van der Waals surface area contributed by atoms with Crippen molar-refractivity contribution in [2.75, 3.05) is 13.1 Å². The lowest BCUT2D eigenvalue weighted by molar-refractivity contribution is 0.0943. The van der Waals surface area contributed by atoms with E-state index in [-0.39, 0.29) is 5.69 Å². The van der Waals surface area contributed by atoms with E-state index in [4.69, 9.17) is 5.73 Å². The van der Waals surface area contributed by atoms with E-state index in [9.17, 15) is 14.7 Å². The zero-order chi connectivity index (χ0) is 16.1. The fraction of sp³-hybridized carbons (Fsp3) is 0.214. The second-order valence-corrected chi connectivity index (χ2v) is 5.42. The second kappa shape index (κ2) is 7.19. The molecule has 0 fully saturated rings. The van der Waals surface area contributed by atoms with Gasteiger partial charge in [0.05, 0.1) is 5.69 Å². The highest BCUT2D eigenvalue weighted by molar-refractivity contribution is 9.10. The SMILES string of the molecule is NCCCNC(=O)c1nn(-c2ccc(Br)cc2)c(=O)cc1O. The summed E-state index contributed by atoms with van der Waals surface area (Å²) < 4.78 is 1.91. The Morgan fingerprint density at radius 1 is 1.36 bits per heavy atom. The number of nitrogens with one attached hydrogen (secondary N) is 1. The van der Waals surface area contributed by atoms with Crippen molar-refractivity contribution in [2.24, 2.45) is 5.73 Å². The number of halogens is 1. The molecule has 0 saturated carbocycles. The van der Waals surface area contributed by atoms with Gasteiger partial charge in [0.25, 0.3) is 11.5 Å². The van der Waals surface area contributed by atoms with Crippen LogP contribution in [0.4, 0.5) is 0 Å². The van der Waals surface area contributed by atoms with E-state index in [0.29, 0.717) is 25.2 Å². The van der Waals surface area contributed by atoms with Gasteiger partial charge in [-0.3, -0.25) is 9.59 Å². The lowest BCUT2D eigenvalue weighted by Gasteiger charge is -2.09. The number of aromatic nitrogens is 2. The highest BCUT2D eigenvalue weighted by Gasteiger charge is 2.16. The molecule has 2 aromatic rings. The van der Waals surface area contributed by atoms with E-state index < -0.39 is 17.2 Å². The molecule has 22 heavy (non-hydrogen) atoms. The first-order valence-corrected chi connectivity index (χ1v) is 7.40. The lowest BCUT2D eigenvalue weighted by Crippen LogP contribution is -2.30. The Labute approximate surface area is 134 Å². The largest absolute Gasteiger partial charge is 0.505 e. The van der Waals surface area contributed by atoms with Crippen molar-refractivity contribution >= 4 is 21.8 Å². The fourth-order valence-corrected chi connectivity index (χ4v) is 2.03. The van der Waals surface area contributed by atoms with E-state index in [2.05, 4.69) is 26.3 Å². The first-order chi connectivity index (χ1) is 10.5. The predicted molar refractivity (Wildman–Crippen MR) is 85.2 cm³/mol. The van der Waals surface area contributed by atoms with Crippen molar-refractivity contribution in [3.63, 3.8) is 0 Å². The van der Waals surface area contributed by atoms with Gasteiger partial charge in [-0.15, -0.1) is 0 Å². The van der Waals surface area contributed by atoms with Crippen LogP contribution in [0.3, 0.4) is 0 Å². The molecule has 1 heterocycles. The van der Waals surface area contributed by atoms with E-state index in [1.165, 1.54) is 0 Å². The summed E-state index contributed by atoms with van der Waals surface area (Å²) in [7, 11) is 0. The first-order valence-electron chi connectivity index (χ1n) is 6.60. The minimum atomic E-state index is -0.559. The fourth-order valence-electron chi connectivity index (χ4n) is 1.76. The molecule has 8 heteroatoms. The number of hydrogen-bond donors (Lipinski definition) is 3. The molecule has 4 N–H and O–H groups in total. The normalized spacial score (nSPS) is 10.5. The van der Waals surface area contributed by atoms with E-state index in [1.807, 2.05) is 0 Å². The molecule has 116 valence electrons. The zero-order valence-electron chi connectivity index (χ0n) is 11.6. The van der Waals surface area contributed by atoms with Gasteiger partial charge in [-0.2, -0.15) is 9.78 Å². The van der Waals surface area contributed by atoms with Crippen LogP contribution in [0.25, 0.3) is 5.69 Å². The van der Waals surface area contributed by atoms with Gasteiger partial charge in [0.1, 0.15) is 0 Å². The Bertz CT molecular complexity index is 728. The summed E-state index contributed by atoms with van der Waals surface area (Å²) in [5, 5.41) is 16.3. The predicted octanol–water partition coefficient (Wildman–Crippen LogP) is 0.779. The smallest absolute Gasteiger partial charge is 0.275 e. The third kappa shape index (κ3) is 3.71. The third-order valence-corrected chi connectivity index (χ3v) is 3.39. The molecule has 1 aromatic heterocycles. The molecule has 2 rings (SSSR count). The topological polar surface area (TPSA) is 110 Å². The van der Waals surface area contributed by atoms with Crippen LogP contribution in [0, 0.1) is 0 Å². The van der Waals surface area contributed by atoms with Crippen LogP contribution in [-0.2, 0) is 0 Å². The van der Waals surface area contributed by atoms with E-state index in [1.54, 1.807) is 24.3 Å². The van der Waals surface area contributed by atoms with Gasteiger partial charge in [0, 0.05) is 17.1 Å². The molecule has 0 saturated heterocycles. The monoisotopic (exact) mass is 366 g/mol. The summed E-state index contributed by atoms with van der Waals surface area (Å²) in [6.07, 6.45) is 0.610. The van der Waals surface area contributed by atoms with Crippen LogP contribution in [0.5, 0.6) is 5.75 Å². The second-order valence-electron chi connectivity index (χ2n) is 4.50. The Morgan fingerprint density at radius 2 is 2.05 bits per heavy atom. The zero-order valence-corrected chi connectivity index (χ0v) is 13.2. The average molecular weight is 367 g/mol. The van der Waals surface area contributed by atoms with Crippen molar-refractivity contribution < 1.29 is 9.90 Å². The maximum absolute atomic E-state index is 12.0. The first kappa shape index (κ1) is 16.2. The molecule has 0 atom stereocenters. The Balaban J connectivity index is 2.36. The number of hydrogen-bond acceptors (Lipinski definition) is 5. The number of aromatic hydroxyl groups is 1. The van der Waals surface area contributed by atoms with Crippen LogP contribution in [0.1, 0.15) is 16.9 Å². The van der Waals surface area contributed by atoms with Gasteiger partial charge in [-0.05, 0) is 37.2 Å². The summed E-state index contributed by atoms with van der Waals surface area (Å²) in [6.45, 7) is 0.811. The molecule has 0 aliphatic rings. The van der Waals surface area contributed by atoms with Crippen molar-refractivity contribution in [1.29, 1.82) is 0 Å². The maximum atomic E-state index is 12.0. The average Bonchev–Trinajstić information content (AvgIpc) is 2.48. The standard InChI is InChI=1S/C14H15BrN4O3/c15-9-2-4-10(5-3-9)19-12(21)8-11(20)13(18-19)14(22)17-7-1-6-16/h2-5,8,20H,1,6-7,16H2,(H,17,22). The van der Waals surface area contributed by atoms with E-state index in [0.717, 1.165) is 15.2 Å². The third-order valence-electron chi connectivity index (χ3n) is 2.86. The van der Waals surface area contributed by atoms with Crippen LogP contribution in [0.15, 0.2) is 39.6 Å². The van der Waals surface area contributed by atoms with Gasteiger partial charge in [0.15, 0.2) is 11.4 Å². The molecule has 0 radical (unpaired) electrons. The molecular weight excluding hydrogens is 352 g/mol. The molecular formula is C14H15BrN4O3. The maximum Gasteiger partial charge on any atom is 0.275 e. The van der Waals surface area contributed by atoms with Crippen LogP contribution in [0.2, 0.25) is 0 Å². The molecule has 1 amide bonds. The molecule has 1 aromatic carbocycles. The number of benzene rings is 1. The van der Waals surface area contributed by atoms with Crippen LogP contribution < -0.4 is 16.6 Å². The number of amides is 1. The summed E-state index contributed by atoms with van der Waals surface area (Å²) >= 11 is 3.30. The number of carbonyl (C=O) groups excluding carboxylic acids is 1. The lowest BCUT2D eigenvalue weighted by atomic mass is 10.3. The summed E-state index contributed by atoms with van der Waals surface area (Å²) in [6, 6.07) is 7.80. The molecule has 0 spiro atoms.